The summed E-state index contributed by atoms with van der Waals surface area (Å²) in [7, 11) is 1.59. The highest BCUT2D eigenvalue weighted by Gasteiger charge is 2.72. The Morgan fingerprint density at radius 2 is 1.93 bits per heavy atom. The van der Waals surface area contributed by atoms with Gasteiger partial charge in [0.2, 0.25) is 6.41 Å². The van der Waals surface area contributed by atoms with Gasteiger partial charge >= 0.3 is 0 Å². The van der Waals surface area contributed by atoms with Crippen LogP contribution in [0.3, 0.4) is 0 Å². The number of halogens is 1. The standard InChI is InChI=1S/C22H23ClN2O4/c1-6-20(4)15(23)10-13-17(27)21(20,24-11-26)12-8-7-9-14-16(12)22(29,19(13,2)3)18(28)25(14)5/h6-11,13,29H,1H2,2-5H3,(H,24,26)/t13-,20+,21+,22-/m0/s1. The first kappa shape index (κ1) is 19.9. The number of carbonyl (C=O) groups excluding carboxylic acids is 3. The van der Waals surface area contributed by atoms with Gasteiger partial charge in [-0.3, -0.25) is 14.4 Å². The van der Waals surface area contributed by atoms with E-state index in [1.54, 1.807) is 52.1 Å². The molecule has 4 atom stereocenters. The van der Waals surface area contributed by atoms with Crippen molar-refractivity contribution in [3.63, 3.8) is 0 Å². The van der Waals surface area contributed by atoms with E-state index in [0.717, 1.165) is 0 Å². The lowest BCUT2D eigenvalue weighted by Gasteiger charge is -2.51. The maximum atomic E-state index is 14.0. The van der Waals surface area contributed by atoms with E-state index >= 15 is 0 Å². The van der Waals surface area contributed by atoms with Gasteiger partial charge in [0.15, 0.2) is 11.4 Å². The third-order valence-electron chi connectivity index (χ3n) is 7.42. The van der Waals surface area contributed by atoms with Crippen molar-refractivity contribution in [2.45, 2.75) is 31.9 Å². The summed E-state index contributed by atoms with van der Waals surface area (Å²) in [6.07, 6.45) is 3.59. The predicted molar refractivity (Wildman–Crippen MR) is 109 cm³/mol. The molecule has 7 heteroatoms. The SMILES string of the molecule is C=C[C@]1(C)C(Cl)=C[C@H]2C(=O)[C@]1(NC=O)c1cccc3c1[C@](O)(C(=O)N3C)C2(C)C. The van der Waals surface area contributed by atoms with Crippen molar-refractivity contribution in [3.8, 4) is 0 Å². The van der Waals surface area contributed by atoms with Gasteiger partial charge in [0.25, 0.3) is 5.91 Å². The lowest BCUT2D eigenvalue weighted by atomic mass is 9.56. The number of hydrogen-bond donors (Lipinski definition) is 2. The molecule has 1 aromatic rings. The number of nitrogens with one attached hydrogen (secondary N) is 1. The molecule has 0 radical (unpaired) electrons. The largest absolute Gasteiger partial charge is 0.375 e. The number of Topliss-reactive ketones (excluding diaryl/α,β-unsaturated/α-hetero) is 1. The number of allylic oxidation sites excluding steroid dienone is 1. The summed E-state index contributed by atoms with van der Waals surface area (Å²) in [4.78, 5) is 40.6. The third-order valence-corrected chi connectivity index (χ3v) is 7.94. The van der Waals surface area contributed by atoms with Crippen molar-refractivity contribution in [1.82, 2.24) is 5.32 Å². The minimum atomic E-state index is -1.97. The van der Waals surface area contributed by atoms with Crippen LogP contribution in [0.5, 0.6) is 0 Å². The Morgan fingerprint density at radius 3 is 2.52 bits per heavy atom. The topological polar surface area (TPSA) is 86.7 Å². The third kappa shape index (κ3) is 1.81. The summed E-state index contributed by atoms with van der Waals surface area (Å²) in [6.45, 7) is 8.97. The fraction of sp³-hybridized carbons (Fsp3) is 0.409. The van der Waals surface area contributed by atoms with Crippen LogP contribution in [-0.4, -0.2) is 30.3 Å². The first-order valence-electron chi connectivity index (χ1n) is 9.38. The molecule has 0 saturated heterocycles. The number of rotatable bonds is 3. The van der Waals surface area contributed by atoms with Crippen LogP contribution in [0.15, 0.2) is 42.0 Å². The van der Waals surface area contributed by atoms with Gasteiger partial charge in [0, 0.05) is 29.0 Å². The van der Waals surface area contributed by atoms with E-state index in [4.69, 9.17) is 11.6 Å². The zero-order valence-corrected chi connectivity index (χ0v) is 17.5. The number of aliphatic hydroxyl groups is 1. The first-order valence-corrected chi connectivity index (χ1v) is 9.76. The van der Waals surface area contributed by atoms with E-state index in [9.17, 15) is 19.5 Å². The summed E-state index contributed by atoms with van der Waals surface area (Å²) < 4.78 is 0. The van der Waals surface area contributed by atoms with Gasteiger partial charge in [-0.2, -0.15) is 0 Å². The molecule has 2 N–H and O–H groups in total. The fourth-order valence-electron chi connectivity index (χ4n) is 5.44. The monoisotopic (exact) mass is 414 g/mol. The van der Waals surface area contributed by atoms with Crippen molar-refractivity contribution in [3.05, 3.63) is 53.1 Å². The number of fused-ring (bicyclic) bond motifs is 3. The van der Waals surface area contributed by atoms with Crippen molar-refractivity contribution in [1.29, 1.82) is 0 Å². The molecule has 4 rings (SSSR count). The maximum absolute atomic E-state index is 14.0. The summed E-state index contributed by atoms with van der Waals surface area (Å²) in [5, 5.41) is 15.0. The van der Waals surface area contributed by atoms with Gasteiger partial charge in [-0.25, -0.2) is 0 Å². The number of nitrogens with zero attached hydrogens (tertiary/aromatic N) is 1. The van der Waals surface area contributed by atoms with Crippen LogP contribution in [0, 0.1) is 16.7 Å². The van der Waals surface area contributed by atoms with Gasteiger partial charge in [-0.1, -0.05) is 49.7 Å². The van der Waals surface area contributed by atoms with Crippen molar-refractivity contribution < 1.29 is 19.5 Å². The van der Waals surface area contributed by atoms with Crippen LogP contribution in [0.25, 0.3) is 0 Å². The zero-order valence-electron chi connectivity index (χ0n) is 16.7. The molecule has 0 fully saturated rings. The molecule has 0 spiro atoms. The van der Waals surface area contributed by atoms with E-state index in [1.165, 1.54) is 11.0 Å². The number of benzene rings is 1. The summed E-state index contributed by atoms with van der Waals surface area (Å²) in [6, 6.07) is 5.09. The summed E-state index contributed by atoms with van der Waals surface area (Å²) >= 11 is 6.70. The van der Waals surface area contributed by atoms with E-state index in [1.807, 2.05) is 0 Å². The second kappa shape index (κ2) is 5.58. The van der Waals surface area contributed by atoms with Gasteiger partial charge < -0.3 is 15.3 Å². The van der Waals surface area contributed by atoms with Gasteiger partial charge in [-0.15, -0.1) is 6.58 Å². The number of ketones is 1. The number of anilines is 1. The number of amides is 2. The van der Waals surface area contributed by atoms with Crippen LogP contribution in [0.4, 0.5) is 5.69 Å². The zero-order chi connectivity index (χ0) is 21.6. The number of carbonyl (C=O) groups is 3. The molecule has 3 aliphatic rings. The molecule has 2 bridgehead atoms. The minimum Gasteiger partial charge on any atom is -0.375 e. The second-order valence-electron chi connectivity index (χ2n) is 8.77. The Bertz CT molecular complexity index is 1030. The Labute approximate surface area is 174 Å². The van der Waals surface area contributed by atoms with Gasteiger partial charge in [0.05, 0.1) is 11.1 Å². The molecular weight excluding hydrogens is 392 g/mol. The van der Waals surface area contributed by atoms with Gasteiger partial charge in [-0.05, 0) is 18.6 Å². The normalized spacial score (nSPS) is 36.8. The van der Waals surface area contributed by atoms with Gasteiger partial charge in [0.1, 0.15) is 5.54 Å². The van der Waals surface area contributed by atoms with Crippen LogP contribution in [0.1, 0.15) is 31.9 Å². The number of likely N-dealkylation sites (N-methyl/N-ethyl adjacent to an activating group) is 1. The van der Waals surface area contributed by atoms with Crippen LogP contribution < -0.4 is 10.2 Å². The second-order valence-corrected chi connectivity index (χ2v) is 9.18. The van der Waals surface area contributed by atoms with E-state index in [0.29, 0.717) is 28.3 Å². The first-order chi connectivity index (χ1) is 13.5. The van der Waals surface area contributed by atoms with Crippen molar-refractivity contribution >= 4 is 35.4 Å². The molecule has 0 saturated carbocycles. The average molecular weight is 415 g/mol. The fourth-order valence-corrected chi connectivity index (χ4v) is 5.79. The molecule has 0 aromatic heterocycles. The van der Waals surface area contributed by atoms with Crippen molar-refractivity contribution in [2.24, 2.45) is 16.7 Å². The smallest absolute Gasteiger partial charge is 0.264 e. The molecule has 2 amide bonds. The van der Waals surface area contributed by atoms with Crippen LogP contribution in [0.2, 0.25) is 0 Å². The molecule has 2 aliphatic carbocycles. The van der Waals surface area contributed by atoms with E-state index in [-0.39, 0.29) is 5.78 Å². The lowest BCUT2D eigenvalue weighted by Crippen LogP contribution is -2.63. The summed E-state index contributed by atoms with van der Waals surface area (Å²) in [5.74, 6) is -1.78. The molecule has 1 aromatic carbocycles. The molecule has 152 valence electrons. The van der Waals surface area contributed by atoms with Crippen molar-refractivity contribution in [2.75, 3.05) is 11.9 Å². The molecular formula is C22H23ClN2O4. The highest BCUT2D eigenvalue weighted by molar-refractivity contribution is 6.32. The predicted octanol–water partition coefficient (Wildman–Crippen LogP) is 2.35. The molecule has 1 heterocycles. The minimum absolute atomic E-state index is 0.321. The Balaban J connectivity index is 2.29. The molecule has 0 unspecified atom stereocenters. The maximum Gasteiger partial charge on any atom is 0.264 e. The molecule has 6 nitrogen and oxygen atoms in total. The molecule has 1 aliphatic heterocycles. The molecule has 29 heavy (non-hydrogen) atoms. The number of hydrogen-bond acceptors (Lipinski definition) is 4. The highest BCUT2D eigenvalue weighted by Crippen LogP contribution is 2.65. The Hall–Kier alpha value is -2.44. The van der Waals surface area contributed by atoms with Crippen LogP contribution >= 0.6 is 11.6 Å². The summed E-state index contributed by atoms with van der Waals surface area (Å²) in [5.41, 5.74) is -4.81. The van der Waals surface area contributed by atoms with E-state index in [2.05, 4.69) is 11.9 Å². The lowest BCUT2D eigenvalue weighted by molar-refractivity contribution is -0.158. The highest BCUT2D eigenvalue weighted by atomic mass is 35.5. The quantitative estimate of drug-likeness (QED) is 0.587. The average Bonchev–Trinajstić information content (AvgIpc) is 2.88. The Kier molecular flexibility index (Phi) is 3.82. The van der Waals surface area contributed by atoms with E-state index < -0.39 is 33.8 Å². The van der Waals surface area contributed by atoms with Crippen LogP contribution in [-0.2, 0) is 25.5 Å². The Morgan fingerprint density at radius 1 is 1.28 bits per heavy atom.